The Hall–Kier alpha value is -2.66. The van der Waals surface area contributed by atoms with Crippen LogP contribution in [0.3, 0.4) is 0 Å². The molecule has 1 aliphatic heterocycles. The SMILES string of the molecule is NN=Cc1cccc(CN2C[C@H](NCc3ccccc3)C2=O)c1. The van der Waals surface area contributed by atoms with E-state index >= 15 is 0 Å². The average molecular weight is 308 g/mol. The molecular weight excluding hydrogens is 288 g/mol. The number of carbonyl (C=O) groups is 1. The maximum absolute atomic E-state index is 12.2. The van der Waals surface area contributed by atoms with E-state index in [9.17, 15) is 4.79 Å². The van der Waals surface area contributed by atoms with Crippen LogP contribution in [0.2, 0.25) is 0 Å². The minimum atomic E-state index is -0.0796. The van der Waals surface area contributed by atoms with Gasteiger partial charge in [0.15, 0.2) is 0 Å². The summed E-state index contributed by atoms with van der Waals surface area (Å²) < 4.78 is 0. The number of hydrogen-bond donors (Lipinski definition) is 2. The molecular formula is C18H20N4O. The van der Waals surface area contributed by atoms with E-state index in [-0.39, 0.29) is 11.9 Å². The number of β-lactam (4-membered cyclic amide) rings is 1. The highest BCUT2D eigenvalue weighted by Gasteiger charge is 2.35. The fourth-order valence-corrected chi connectivity index (χ4v) is 2.71. The number of carbonyl (C=O) groups excluding carboxylic acids is 1. The third-order valence-corrected chi connectivity index (χ3v) is 3.96. The number of benzene rings is 2. The summed E-state index contributed by atoms with van der Waals surface area (Å²) in [7, 11) is 0. The summed E-state index contributed by atoms with van der Waals surface area (Å²) in [5.74, 6) is 5.32. The minimum absolute atomic E-state index is 0.0796. The highest BCUT2D eigenvalue weighted by atomic mass is 16.2. The fourth-order valence-electron chi connectivity index (χ4n) is 2.71. The first-order valence-corrected chi connectivity index (χ1v) is 7.64. The summed E-state index contributed by atoms with van der Waals surface area (Å²) in [5, 5.41) is 6.83. The van der Waals surface area contributed by atoms with E-state index in [4.69, 9.17) is 5.84 Å². The lowest BCUT2D eigenvalue weighted by molar-refractivity contribution is -0.144. The Morgan fingerprint density at radius 1 is 1.17 bits per heavy atom. The monoisotopic (exact) mass is 308 g/mol. The van der Waals surface area contributed by atoms with Gasteiger partial charge >= 0.3 is 0 Å². The largest absolute Gasteiger partial charge is 0.335 e. The fraction of sp³-hybridized carbons (Fsp3) is 0.222. The average Bonchev–Trinajstić information content (AvgIpc) is 2.58. The molecule has 0 spiro atoms. The van der Waals surface area contributed by atoms with E-state index in [2.05, 4.69) is 22.6 Å². The van der Waals surface area contributed by atoms with Crippen molar-refractivity contribution in [3.63, 3.8) is 0 Å². The molecule has 1 saturated heterocycles. The number of nitrogens with zero attached hydrogens (tertiary/aromatic N) is 2. The zero-order valence-corrected chi connectivity index (χ0v) is 12.9. The molecule has 1 aliphatic rings. The van der Waals surface area contributed by atoms with Gasteiger partial charge in [-0.3, -0.25) is 4.79 Å². The highest BCUT2D eigenvalue weighted by molar-refractivity contribution is 5.88. The zero-order valence-electron chi connectivity index (χ0n) is 12.9. The summed E-state index contributed by atoms with van der Waals surface area (Å²) in [6.07, 6.45) is 1.60. The van der Waals surface area contributed by atoms with E-state index < -0.39 is 0 Å². The molecule has 0 unspecified atom stereocenters. The van der Waals surface area contributed by atoms with E-state index in [0.29, 0.717) is 13.1 Å². The molecule has 1 atom stereocenters. The Bertz CT molecular complexity index is 699. The molecule has 5 heteroatoms. The quantitative estimate of drug-likeness (QED) is 0.367. The maximum Gasteiger partial charge on any atom is 0.241 e. The van der Waals surface area contributed by atoms with E-state index in [1.165, 1.54) is 5.56 Å². The predicted octanol–water partition coefficient (Wildman–Crippen LogP) is 1.48. The molecule has 23 heavy (non-hydrogen) atoms. The predicted molar refractivity (Wildman–Crippen MR) is 90.7 cm³/mol. The first-order chi connectivity index (χ1) is 11.3. The Kier molecular flexibility index (Phi) is 4.68. The first-order valence-electron chi connectivity index (χ1n) is 7.64. The molecule has 5 nitrogen and oxygen atoms in total. The third-order valence-electron chi connectivity index (χ3n) is 3.96. The Balaban J connectivity index is 1.51. The zero-order chi connectivity index (χ0) is 16.1. The van der Waals surface area contributed by atoms with E-state index in [1.807, 2.05) is 47.4 Å². The van der Waals surface area contributed by atoms with Crippen LogP contribution in [0, 0.1) is 0 Å². The molecule has 118 valence electrons. The molecule has 2 aromatic carbocycles. The number of likely N-dealkylation sites (tertiary alicyclic amines) is 1. The molecule has 2 aromatic rings. The van der Waals surface area contributed by atoms with Crippen LogP contribution in [-0.2, 0) is 17.9 Å². The van der Waals surface area contributed by atoms with Crippen molar-refractivity contribution in [1.82, 2.24) is 10.2 Å². The topological polar surface area (TPSA) is 70.7 Å². The van der Waals surface area contributed by atoms with Crippen LogP contribution >= 0.6 is 0 Å². The van der Waals surface area contributed by atoms with Crippen LogP contribution in [0.5, 0.6) is 0 Å². The molecule has 0 radical (unpaired) electrons. The number of hydrogen-bond acceptors (Lipinski definition) is 4. The standard InChI is InChI=1S/C18H20N4O/c19-21-11-15-7-4-8-16(9-15)12-22-13-17(18(22)23)20-10-14-5-2-1-3-6-14/h1-9,11,17,20H,10,12-13,19H2/t17-/m0/s1. The maximum atomic E-state index is 12.2. The van der Waals surface area contributed by atoms with Crippen molar-refractivity contribution in [3.8, 4) is 0 Å². The van der Waals surface area contributed by atoms with Crippen LogP contribution in [0.15, 0.2) is 59.7 Å². The van der Waals surface area contributed by atoms with Gasteiger partial charge in [0.25, 0.3) is 0 Å². The number of nitrogens with two attached hydrogens (primary N) is 1. The Morgan fingerprint density at radius 3 is 2.70 bits per heavy atom. The lowest BCUT2D eigenvalue weighted by atomic mass is 10.0. The Morgan fingerprint density at radius 2 is 1.96 bits per heavy atom. The lowest BCUT2D eigenvalue weighted by Gasteiger charge is -2.39. The van der Waals surface area contributed by atoms with Gasteiger partial charge in [0.05, 0.1) is 6.21 Å². The smallest absolute Gasteiger partial charge is 0.241 e. The molecule has 0 saturated carbocycles. The van der Waals surface area contributed by atoms with Crippen molar-refractivity contribution >= 4 is 12.1 Å². The van der Waals surface area contributed by atoms with Gasteiger partial charge in [0.2, 0.25) is 5.91 Å². The second-order valence-corrected chi connectivity index (χ2v) is 5.66. The number of nitrogens with one attached hydrogen (secondary N) is 1. The van der Waals surface area contributed by atoms with Crippen molar-refractivity contribution in [2.45, 2.75) is 19.1 Å². The van der Waals surface area contributed by atoms with Crippen molar-refractivity contribution in [2.75, 3.05) is 6.54 Å². The van der Waals surface area contributed by atoms with Gasteiger partial charge in [-0.2, -0.15) is 5.10 Å². The van der Waals surface area contributed by atoms with Crippen molar-refractivity contribution < 1.29 is 4.79 Å². The molecule has 3 rings (SSSR count). The number of hydrazone groups is 1. The minimum Gasteiger partial charge on any atom is -0.335 e. The van der Waals surface area contributed by atoms with Crippen molar-refractivity contribution in [3.05, 3.63) is 71.3 Å². The van der Waals surface area contributed by atoms with Gasteiger partial charge in [0.1, 0.15) is 6.04 Å². The van der Waals surface area contributed by atoms with E-state index in [0.717, 1.165) is 17.7 Å². The summed E-state index contributed by atoms with van der Waals surface area (Å²) in [6.45, 7) is 2.07. The van der Waals surface area contributed by atoms with Crippen LogP contribution in [0.25, 0.3) is 0 Å². The highest BCUT2D eigenvalue weighted by Crippen LogP contribution is 2.16. The summed E-state index contributed by atoms with van der Waals surface area (Å²) in [6, 6.07) is 17.9. The molecule has 0 aliphatic carbocycles. The van der Waals surface area contributed by atoms with Crippen molar-refractivity contribution in [2.24, 2.45) is 10.9 Å². The summed E-state index contributed by atoms with van der Waals surface area (Å²) in [4.78, 5) is 14.1. The lowest BCUT2D eigenvalue weighted by Crippen LogP contribution is -2.61. The van der Waals surface area contributed by atoms with Gasteiger partial charge in [-0.25, -0.2) is 0 Å². The molecule has 3 N–H and O–H groups in total. The molecule has 1 amide bonds. The molecule has 0 bridgehead atoms. The third kappa shape index (κ3) is 3.76. The Labute approximate surface area is 135 Å². The summed E-state index contributed by atoms with van der Waals surface area (Å²) in [5.41, 5.74) is 3.21. The van der Waals surface area contributed by atoms with Crippen LogP contribution < -0.4 is 11.2 Å². The molecule has 1 fully saturated rings. The molecule has 0 aromatic heterocycles. The van der Waals surface area contributed by atoms with Gasteiger partial charge < -0.3 is 16.1 Å². The van der Waals surface area contributed by atoms with Crippen LogP contribution in [0.4, 0.5) is 0 Å². The first kappa shape index (κ1) is 15.2. The summed E-state index contributed by atoms with van der Waals surface area (Å²) >= 11 is 0. The van der Waals surface area contributed by atoms with Crippen molar-refractivity contribution in [1.29, 1.82) is 0 Å². The second kappa shape index (κ2) is 7.07. The van der Waals surface area contributed by atoms with Gasteiger partial charge in [-0.1, -0.05) is 48.5 Å². The number of rotatable bonds is 6. The normalized spacial score (nSPS) is 17.5. The number of amides is 1. The van der Waals surface area contributed by atoms with Gasteiger partial charge in [0, 0.05) is 19.6 Å². The van der Waals surface area contributed by atoms with Gasteiger partial charge in [-0.05, 0) is 22.8 Å². The van der Waals surface area contributed by atoms with Crippen LogP contribution in [-0.4, -0.2) is 29.6 Å². The van der Waals surface area contributed by atoms with Crippen LogP contribution in [0.1, 0.15) is 16.7 Å². The van der Waals surface area contributed by atoms with Gasteiger partial charge in [-0.15, -0.1) is 0 Å². The molecule has 1 heterocycles. The van der Waals surface area contributed by atoms with E-state index in [1.54, 1.807) is 6.21 Å². The second-order valence-electron chi connectivity index (χ2n) is 5.66.